The molecule has 43 heavy (non-hydrogen) atoms. The molecule has 2 fully saturated rings. The van der Waals surface area contributed by atoms with Crippen LogP contribution >= 0.6 is 11.8 Å². The van der Waals surface area contributed by atoms with Gasteiger partial charge in [0, 0.05) is 24.2 Å². The van der Waals surface area contributed by atoms with Crippen LogP contribution in [-0.2, 0) is 23.9 Å². The van der Waals surface area contributed by atoms with Crippen LogP contribution in [0.1, 0.15) is 43.1 Å². The number of ether oxygens (including phenoxy) is 1. The Labute approximate surface area is 270 Å². The zero-order chi connectivity index (χ0) is 30.3. The number of β-lactam (4-membered cyclic amide) rings is 1. The first kappa shape index (κ1) is 32.1. The van der Waals surface area contributed by atoms with E-state index in [2.05, 4.69) is 15.3 Å². The number of aromatic nitrogens is 2. The molecule has 3 aliphatic rings. The first-order valence-electron chi connectivity index (χ1n) is 12.8. The van der Waals surface area contributed by atoms with E-state index >= 15 is 0 Å². The maximum absolute atomic E-state index is 13.8. The molecule has 1 aromatic heterocycles. The van der Waals surface area contributed by atoms with Crippen molar-refractivity contribution in [3.8, 4) is 5.75 Å². The van der Waals surface area contributed by atoms with Gasteiger partial charge in [0.05, 0.1) is 17.9 Å². The molecule has 4 amide bonds. The van der Waals surface area contributed by atoms with Gasteiger partial charge in [0.2, 0.25) is 5.91 Å². The molecule has 5 rings (SSSR count). The number of hydrogen-bond acceptors (Lipinski definition) is 11. The van der Waals surface area contributed by atoms with E-state index < -0.39 is 58.5 Å². The zero-order valence-corrected chi connectivity index (χ0v) is 25.9. The van der Waals surface area contributed by atoms with Crippen molar-refractivity contribution < 1.29 is 68.5 Å². The Balaban J connectivity index is 0.00000423. The number of hydrogen-bond donors (Lipinski definition) is 4. The summed E-state index contributed by atoms with van der Waals surface area (Å²) in [6, 6.07) is 1.26. The Morgan fingerprint density at radius 3 is 2.49 bits per heavy atom. The van der Waals surface area contributed by atoms with Crippen molar-refractivity contribution in [2.75, 3.05) is 17.3 Å². The quantitative estimate of drug-likeness (QED) is 0.120. The summed E-state index contributed by atoms with van der Waals surface area (Å²) in [5, 5.41) is 23.4. The summed E-state index contributed by atoms with van der Waals surface area (Å²) in [6.45, 7) is 0.807. The molecule has 2 unspecified atom stereocenters. The molecule has 1 aromatic carbocycles. The molecule has 2 aromatic rings. The smallest absolute Gasteiger partial charge is 0.543 e. The number of anilines is 1. The minimum Gasteiger partial charge on any atom is -0.543 e. The summed E-state index contributed by atoms with van der Waals surface area (Å²) in [7, 11) is 0. The number of carbonyl (C=O) groups is 5. The normalized spacial score (nSPS) is 19.7. The second-order valence-corrected chi connectivity index (χ2v) is 11.0. The summed E-state index contributed by atoms with van der Waals surface area (Å²) in [5.41, 5.74) is 4.50. The van der Waals surface area contributed by atoms with Gasteiger partial charge in [0.1, 0.15) is 41.3 Å². The molecule has 1 saturated heterocycles. The second-order valence-electron chi connectivity index (χ2n) is 9.88. The molecule has 15 nitrogen and oxygen atoms in total. The molecule has 3 atom stereocenters. The van der Waals surface area contributed by atoms with Gasteiger partial charge in [-0.05, 0) is 30.5 Å². The first-order valence-corrected chi connectivity index (χ1v) is 13.8. The molecule has 0 spiro atoms. The van der Waals surface area contributed by atoms with E-state index in [0.717, 1.165) is 47.5 Å². The third-order valence-corrected chi connectivity index (χ3v) is 8.30. The summed E-state index contributed by atoms with van der Waals surface area (Å²) in [6.07, 6.45) is 2.85. The summed E-state index contributed by atoms with van der Waals surface area (Å²) in [4.78, 5) is 84.3. The van der Waals surface area contributed by atoms with Crippen molar-refractivity contribution >= 4 is 47.2 Å². The van der Waals surface area contributed by atoms with Gasteiger partial charge in [0.15, 0.2) is 0 Å². The van der Waals surface area contributed by atoms with Gasteiger partial charge in [-0.15, -0.1) is 11.8 Å². The third-order valence-electron chi connectivity index (χ3n) is 6.96. The van der Waals surface area contributed by atoms with Crippen molar-refractivity contribution in [3.63, 3.8) is 0 Å². The third kappa shape index (κ3) is 6.41. The van der Waals surface area contributed by atoms with Crippen molar-refractivity contribution in [1.82, 2.24) is 20.2 Å². The first-order chi connectivity index (χ1) is 20.0. The number of urea groups is 1. The largest absolute Gasteiger partial charge is 1.00 e. The number of aromatic hydroxyl groups is 1. The van der Waals surface area contributed by atoms with Crippen LogP contribution in [0, 0.1) is 0 Å². The number of phenols is 1. The molecule has 220 valence electrons. The summed E-state index contributed by atoms with van der Waals surface area (Å²) >= 11 is 1.13. The topological polar surface area (TPSA) is 228 Å². The SMILES string of the molecule is CC(=O)OCC1=C(C(=O)[O-])N2C(=O)C(NC(=O)C(c3ccc(O)cc3)N(C(N)=O)c3cnc(C4CC4)[nH]c3=O)[C@H]2SC1.[Na+]. The molecule has 1 aliphatic carbocycles. The van der Waals surface area contributed by atoms with Gasteiger partial charge < -0.3 is 35.8 Å². The molecule has 5 N–H and O–H groups in total. The number of nitrogens with one attached hydrogen (secondary N) is 2. The number of aromatic amines is 1. The predicted octanol–water partition coefficient (Wildman–Crippen LogP) is -4.05. The molecule has 2 aliphatic heterocycles. The van der Waals surface area contributed by atoms with Crippen LogP contribution in [0.25, 0.3) is 0 Å². The van der Waals surface area contributed by atoms with Crippen molar-refractivity contribution in [3.05, 3.63) is 63.5 Å². The van der Waals surface area contributed by atoms with E-state index in [4.69, 9.17) is 10.5 Å². The number of amides is 4. The van der Waals surface area contributed by atoms with Gasteiger partial charge >= 0.3 is 41.6 Å². The van der Waals surface area contributed by atoms with E-state index in [-0.39, 0.29) is 70.4 Å². The number of nitrogens with zero attached hydrogens (tertiary/aromatic N) is 3. The average Bonchev–Trinajstić information content (AvgIpc) is 3.79. The number of carbonyl (C=O) groups excluding carboxylic acids is 5. The molecular formula is C26H25N6NaO9S. The van der Waals surface area contributed by atoms with Gasteiger partial charge in [-0.3, -0.25) is 29.0 Å². The number of benzene rings is 1. The number of carboxylic acids is 1. The summed E-state index contributed by atoms with van der Waals surface area (Å²) < 4.78 is 4.90. The van der Waals surface area contributed by atoms with Crippen molar-refractivity contribution in [2.24, 2.45) is 5.73 Å². The average molecular weight is 621 g/mol. The number of thioether (sulfide) groups is 1. The van der Waals surface area contributed by atoms with E-state index in [9.17, 15) is 39.0 Å². The Bertz CT molecular complexity index is 1580. The van der Waals surface area contributed by atoms with Crippen LogP contribution in [-0.4, -0.2) is 73.5 Å². The number of rotatable bonds is 9. The fraction of sp³-hybridized carbons (Fsp3) is 0.346. The Morgan fingerprint density at radius 1 is 1.26 bits per heavy atom. The molecule has 3 heterocycles. The second kappa shape index (κ2) is 12.8. The monoisotopic (exact) mass is 620 g/mol. The van der Waals surface area contributed by atoms with E-state index in [1.165, 1.54) is 24.3 Å². The molecule has 17 heteroatoms. The number of nitrogens with two attached hydrogens (primary N) is 1. The minimum absolute atomic E-state index is 0. The standard InChI is InChI=1S/C26H26N6O9S.Na/c1-11(33)41-9-14-10-42-24-17(23(37)32(24)19(14)25(38)39)29-22(36)18(12-4-6-15(34)7-5-12)31(26(27)40)16-8-28-20(13-2-3-13)30-21(16)35;/h4-8,13,17-18,24,34H,2-3,9-10H2,1H3,(H2,27,40)(H,29,36)(H,38,39)(H,28,30,35);/q;+1/p-1/t17?,18?,24-;/m1./s1. The van der Waals surface area contributed by atoms with Gasteiger partial charge in [-0.2, -0.15) is 0 Å². The molecule has 0 radical (unpaired) electrons. The summed E-state index contributed by atoms with van der Waals surface area (Å²) in [5.74, 6) is -3.49. The predicted molar refractivity (Wildman–Crippen MR) is 143 cm³/mol. The Morgan fingerprint density at radius 2 is 1.93 bits per heavy atom. The van der Waals surface area contributed by atoms with Crippen molar-refractivity contribution in [1.29, 1.82) is 0 Å². The van der Waals surface area contributed by atoms with Crippen LogP contribution in [0.4, 0.5) is 10.5 Å². The fourth-order valence-corrected chi connectivity index (χ4v) is 6.13. The maximum atomic E-state index is 13.8. The fourth-order valence-electron chi connectivity index (χ4n) is 4.80. The molecule has 1 saturated carbocycles. The number of carboxylic acid groups (broad SMARTS) is 1. The van der Waals surface area contributed by atoms with Crippen LogP contribution < -0.4 is 56.2 Å². The molecular weight excluding hydrogens is 595 g/mol. The van der Waals surface area contributed by atoms with Gasteiger partial charge in [-0.1, -0.05) is 12.1 Å². The number of esters is 1. The van der Waals surface area contributed by atoms with E-state index in [0.29, 0.717) is 5.82 Å². The Kier molecular flexibility index (Phi) is 9.54. The number of H-pyrrole nitrogens is 1. The zero-order valence-electron chi connectivity index (χ0n) is 23.1. The van der Waals surface area contributed by atoms with E-state index in [1.54, 1.807) is 0 Å². The number of fused-ring (bicyclic) bond motifs is 1. The van der Waals surface area contributed by atoms with Crippen LogP contribution in [0.3, 0.4) is 0 Å². The number of aliphatic carboxylic acids is 1. The number of phenolic OH excluding ortho intramolecular Hbond substituents is 1. The van der Waals surface area contributed by atoms with Gasteiger partial charge in [-0.25, -0.2) is 9.78 Å². The molecule has 0 bridgehead atoms. The van der Waals surface area contributed by atoms with Crippen molar-refractivity contribution in [2.45, 2.75) is 43.1 Å². The van der Waals surface area contributed by atoms with E-state index in [1.807, 2.05) is 0 Å². The maximum Gasteiger partial charge on any atom is 1.00 e. The van der Waals surface area contributed by atoms with Crippen LogP contribution in [0.2, 0.25) is 0 Å². The van der Waals surface area contributed by atoms with Gasteiger partial charge in [0.25, 0.3) is 11.5 Å². The Hall–Kier alpha value is -3.86. The number of primary amides is 1. The van der Waals surface area contributed by atoms with Crippen LogP contribution in [0.5, 0.6) is 5.75 Å². The minimum atomic E-state index is -1.65. The van der Waals surface area contributed by atoms with Crippen LogP contribution in [0.15, 0.2) is 46.5 Å².